The highest BCUT2D eigenvalue weighted by Gasteiger charge is 2.24. The van der Waals surface area contributed by atoms with Crippen LogP contribution in [0.3, 0.4) is 0 Å². The van der Waals surface area contributed by atoms with Gasteiger partial charge in [-0.1, -0.05) is 12.1 Å². The molecule has 0 spiro atoms. The van der Waals surface area contributed by atoms with Crippen LogP contribution in [0.25, 0.3) is 0 Å². The van der Waals surface area contributed by atoms with Crippen molar-refractivity contribution in [3.63, 3.8) is 0 Å². The van der Waals surface area contributed by atoms with Crippen molar-refractivity contribution >= 4 is 5.91 Å². The number of hydrogen-bond acceptors (Lipinski definition) is 3. The molecule has 1 aliphatic heterocycles. The summed E-state index contributed by atoms with van der Waals surface area (Å²) in [5.41, 5.74) is 0.320. The van der Waals surface area contributed by atoms with Crippen LogP contribution in [0.1, 0.15) is 12.5 Å². The Morgan fingerprint density at radius 2 is 1.95 bits per heavy atom. The van der Waals surface area contributed by atoms with E-state index in [9.17, 15) is 18.7 Å². The van der Waals surface area contributed by atoms with E-state index >= 15 is 0 Å². The van der Waals surface area contributed by atoms with Crippen molar-refractivity contribution in [2.24, 2.45) is 0 Å². The van der Waals surface area contributed by atoms with Crippen molar-refractivity contribution in [1.29, 1.82) is 0 Å². The number of piperazine rings is 1. The molecule has 20 heavy (non-hydrogen) atoms. The molecule has 2 rings (SSSR count). The van der Waals surface area contributed by atoms with Gasteiger partial charge in [-0.05, 0) is 13.0 Å². The summed E-state index contributed by atoms with van der Waals surface area (Å²) in [4.78, 5) is 15.2. The van der Waals surface area contributed by atoms with Gasteiger partial charge < -0.3 is 10.0 Å². The van der Waals surface area contributed by atoms with E-state index in [-0.39, 0.29) is 5.91 Å². The Bertz CT molecular complexity index is 486. The van der Waals surface area contributed by atoms with Gasteiger partial charge in [0, 0.05) is 38.3 Å². The van der Waals surface area contributed by atoms with Crippen LogP contribution in [0, 0.1) is 11.6 Å². The second-order valence-corrected chi connectivity index (χ2v) is 4.99. The molecule has 0 radical (unpaired) electrons. The molecule has 1 aromatic rings. The van der Waals surface area contributed by atoms with Gasteiger partial charge in [0.15, 0.2) is 11.6 Å². The zero-order chi connectivity index (χ0) is 14.7. The summed E-state index contributed by atoms with van der Waals surface area (Å²) in [7, 11) is 0. The molecule has 1 aromatic carbocycles. The molecule has 0 aliphatic carbocycles. The topological polar surface area (TPSA) is 43.8 Å². The van der Waals surface area contributed by atoms with E-state index in [4.69, 9.17) is 0 Å². The highest BCUT2D eigenvalue weighted by Crippen LogP contribution is 2.15. The van der Waals surface area contributed by atoms with Gasteiger partial charge in [-0.2, -0.15) is 0 Å². The van der Waals surface area contributed by atoms with Crippen molar-refractivity contribution in [2.45, 2.75) is 19.6 Å². The summed E-state index contributed by atoms with van der Waals surface area (Å²) < 4.78 is 26.7. The van der Waals surface area contributed by atoms with E-state index in [2.05, 4.69) is 0 Å². The lowest BCUT2D eigenvalue weighted by Crippen LogP contribution is -2.50. The Hall–Kier alpha value is -1.53. The fourth-order valence-corrected chi connectivity index (χ4v) is 2.30. The number of carbonyl (C=O) groups excluding carboxylic acids is 1. The fourth-order valence-electron chi connectivity index (χ4n) is 2.30. The Morgan fingerprint density at radius 3 is 2.55 bits per heavy atom. The van der Waals surface area contributed by atoms with Crippen LogP contribution in [0.2, 0.25) is 0 Å². The number of amides is 1. The summed E-state index contributed by atoms with van der Waals surface area (Å²) in [6, 6.07) is 4.14. The van der Waals surface area contributed by atoms with Crippen molar-refractivity contribution in [3.05, 3.63) is 35.4 Å². The van der Waals surface area contributed by atoms with Gasteiger partial charge in [-0.25, -0.2) is 8.78 Å². The van der Waals surface area contributed by atoms with Crippen LogP contribution in [0.4, 0.5) is 8.78 Å². The van der Waals surface area contributed by atoms with E-state index in [0.29, 0.717) is 38.3 Å². The highest BCUT2D eigenvalue weighted by atomic mass is 19.2. The van der Waals surface area contributed by atoms with E-state index in [1.165, 1.54) is 13.0 Å². The lowest BCUT2D eigenvalue weighted by molar-refractivity contribution is -0.141. The molecule has 1 saturated heterocycles. The fraction of sp³-hybridized carbons (Fsp3) is 0.500. The number of nitrogens with zero attached hydrogens (tertiary/aromatic N) is 2. The molecule has 6 heteroatoms. The molecular weight excluding hydrogens is 266 g/mol. The zero-order valence-electron chi connectivity index (χ0n) is 11.4. The van der Waals surface area contributed by atoms with Crippen LogP contribution in [-0.2, 0) is 11.3 Å². The maximum Gasteiger partial charge on any atom is 0.251 e. The molecular formula is C14H18F2N2O2. The summed E-state index contributed by atoms with van der Waals surface area (Å²) in [5, 5.41) is 9.25. The van der Waals surface area contributed by atoms with Crippen LogP contribution in [0.5, 0.6) is 0 Å². The summed E-state index contributed by atoms with van der Waals surface area (Å²) in [5.74, 6) is -1.94. The van der Waals surface area contributed by atoms with Crippen LogP contribution in [0.15, 0.2) is 18.2 Å². The second kappa shape index (κ2) is 6.28. The molecule has 1 fully saturated rings. The van der Waals surface area contributed by atoms with Crippen molar-refractivity contribution < 1.29 is 18.7 Å². The first-order valence-corrected chi connectivity index (χ1v) is 6.61. The van der Waals surface area contributed by atoms with Crippen molar-refractivity contribution in [3.8, 4) is 0 Å². The van der Waals surface area contributed by atoms with Crippen molar-refractivity contribution in [2.75, 3.05) is 26.2 Å². The number of aliphatic hydroxyl groups excluding tert-OH is 1. The number of carbonyl (C=O) groups is 1. The Morgan fingerprint density at radius 1 is 1.30 bits per heavy atom. The van der Waals surface area contributed by atoms with Gasteiger partial charge in [-0.15, -0.1) is 0 Å². The number of benzene rings is 1. The van der Waals surface area contributed by atoms with E-state index < -0.39 is 17.7 Å². The van der Waals surface area contributed by atoms with E-state index in [1.54, 1.807) is 11.0 Å². The minimum Gasteiger partial charge on any atom is -0.384 e. The smallest absolute Gasteiger partial charge is 0.251 e. The average molecular weight is 284 g/mol. The van der Waals surface area contributed by atoms with Gasteiger partial charge in [0.2, 0.25) is 0 Å². The summed E-state index contributed by atoms with van der Waals surface area (Å²) in [6.07, 6.45) is -0.998. The molecule has 1 N–H and O–H groups in total. The van der Waals surface area contributed by atoms with Gasteiger partial charge >= 0.3 is 0 Å². The Balaban J connectivity index is 1.92. The van der Waals surface area contributed by atoms with Crippen LogP contribution >= 0.6 is 0 Å². The zero-order valence-corrected chi connectivity index (χ0v) is 11.4. The molecule has 1 amide bonds. The number of aliphatic hydroxyl groups is 1. The van der Waals surface area contributed by atoms with Gasteiger partial charge in [0.25, 0.3) is 5.91 Å². The molecule has 1 aliphatic rings. The maximum absolute atomic E-state index is 13.6. The first-order chi connectivity index (χ1) is 9.49. The number of rotatable bonds is 3. The molecule has 4 nitrogen and oxygen atoms in total. The molecule has 1 heterocycles. The standard InChI is InChI=1S/C14H18F2N2O2/c1-10(19)14(20)18-7-5-17(6-8-18)9-11-3-2-4-12(15)13(11)16/h2-4,10,19H,5-9H2,1H3. The molecule has 0 aromatic heterocycles. The van der Waals surface area contributed by atoms with E-state index in [0.717, 1.165) is 6.07 Å². The van der Waals surface area contributed by atoms with Gasteiger partial charge in [0.1, 0.15) is 6.10 Å². The first kappa shape index (κ1) is 14.9. The SMILES string of the molecule is CC(O)C(=O)N1CCN(Cc2cccc(F)c2F)CC1. The normalized spacial score (nSPS) is 18.1. The second-order valence-electron chi connectivity index (χ2n) is 4.99. The average Bonchev–Trinajstić information content (AvgIpc) is 2.44. The third-order valence-electron chi connectivity index (χ3n) is 3.47. The quantitative estimate of drug-likeness (QED) is 0.900. The number of halogens is 2. The highest BCUT2D eigenvalue weighted by molar-refractivity contribution is 5.80. The number of hydrogen-bond donors (Lipinski definition) is 1. The third kappa shape index (κ3) is 3.32. The maximum atomic E-state index is 13.6. The largest absolute Gasteiger partial charge is 0.384 e. The summed E-state index contributed by atoms with van der Waals surface area (Å²) in [6.45, 7) is 3.89. The minimum absolute atomic E-state index is 0.290. The molecule has 1 unspecified atom stereocenters. The predicted molar refractivity (Wildman–Crippen MR) is 69.9 cm³/mol. The Labute approximate surface area is 116 Å². The van der Waals surface area contributed by atoms with E-state index in [1.807, 2.05) is 4.90 Å². The minimum atomic E-state index is -0.998. The molecule has 1 atom stereocenters. The molecule has 0 bridgehead atoms. The van der Waals surface area contributed by atoms with Gasteiger partial charge in [-0.3, -0.25) is 9.69 Å². The third-order valence-corrected chi connectivity index (χ3v) is 3.47. The lowest BCUT2D eigenvalue weighted by Gasteiger charge is -2.35. The lowest BCUT2D eigenvalue weighted by atomic mass is 10.1. The van der Waals surface area contributed by atoms with Crippen molar-refractivity contribution in [1.82, 2.24) is 9.80 Å². The van der Waals surface area contributed by atoms with Crippen LogP contribution < -0.4 is 0 Å². The first-order valence-electron chi connectivity index (χ1n) is 6.61. The summed E-state index contributed by atoms with van der Waals surface area (Å²) >= 11 is 0. The Kier molecular flexibility index (Phi) is 4.67. The monoisotopic (exact) mass is 284 g/mol. The van der Waals surface area contributed by atoms with Crippen LogP contribution in [-0.4, -0.2) is 53.1 Å². The predicted octanol–water partition coefficient (Wildman–Crippen LogP) is 0.990. The van der Waals surface area contributed by atoms with Gasteiger partial charge in [0.05, 0.1) is 0 Å². The molecule has 0 saturated carbocycles. The molecule has 110 valence electrons.